The Hall–Kier alpha value is -2.34. The van der Waals surface area contributed by atoms with Crippen LogP contribution in [0.2, 0.25) is 0 Å². The molecule has 144 valence electrons. The molecule has 1 N–H and O–H groups in total. The summed E-state index contributed by atoms with van der Waals surface area (Å²) >= 11 is 0. The highest BCUT2D eigenvalue weighted by molar-refractivity contribution is 7.92. The van der Waals surface area contributed by atoms with Gasteiger partial charge in [0.15, 0.2) is 0 Å². The third kappa shape index (κ3) is 4.33. The fourth-order valence-corrected chi connectivity index (χ4v) is 5.08. The number of nitrogens with one attached hydrogen (secondary N) is 1. The summed E-state index contributed by atoms with van der Waals surface area (Å²) in [5.41, 5.74) is 4.53. The summed E-state index contributed by atoms with van der Waals surface area (Å²) < 4.78 is 25.9. The molecule has 5 nitrogen and oxygen atoms in total. The SMILES string of the molecule is Cc1ccc(C)c([C@H](C)NC(=O)c2ccc(N3CCCCS3(=O)=O)cc2)c1. The van der Waals surface area contributed by atoms with Crippen molar-refractivity contribution in [2.24, 2.45) is 0 Å². The molecule has 0 unspecified atom stereocenters. The summed E-state index contributed by atoms with van der Waals surface area (Å²) in [4.78, 5) is 12.6. The molecular weight excluding hydrogens is 360 g/mol. The molecular formula is C21H26N2O3S. The quantitative estimate of drug-likeness (QED) is 0.871. The number of hydrogen-bond acceptors (Lipinski definition) is 3. The number of nitrogens with zero attached hydrogens (tertiary/aromatic N) is 1. The van der Waals surface area contributed by atoms with Crippen molar-refractivity contribution in [2.75, 3.05) is 16.6 Å². The van der Waals surface area contributed by atoms with Gasteiger partial charge in [0.25, 0.3) is 5.91 Å². The van der Waals surface area contributed by atoms with Crippen molar-refractivity contribution in [2.45, 2.75) is 39.7 Å². The van der Waals surface area contributed by atoms with Crippen LogP contribution in [-0.4, -0.2) is 26.6 Å². The predicted octanol–water partition coefficient (Wildman–Crippen LogP) is 3.72. The molecule has 27 heavy (non-hydrogen) atoms. The maximum absolute atomic E-state index is 12.6. The van der Waals surface area contributed by atoms with E-state index in [-0.39, 0.29) is 17.7 Å². The van der Waals surface area contributed by atoms with Gasteiger partial charge in [0.05, 0.1) is 17.5 Å². The largest absolute Gasteiger partial charge is 0.346 e. The van der Waals surface area contributed by atoms with E-state index in [1.165, 1.54) is 4.31 Å². The van der Waals surface area contributed by atoms with Crippen LogP contribution >= 0.6 is 0 Å². The number of aryl methyl sites for hydroxylation is 2. The molecule has 0 bridgehead atoms. The van der Waals surface area contributed by atoms with E-state index >= 15 is 0 Å². The molecule has 6 heteroatoms. The monoisotopic (exact) mass is 386 g/mol. The van der Waals surface area contributed by atoms with E-state index in [1.54, 1.807) is 24.3 Å². The van der Waals surface area contributed by atoms with Gasteiger partial charge in [-0.2, -0.15) is 0 Å². The fourth-order valence-electron chi connectivity index (χ4n) is 3.44. The maximum Gasteiger partial charge on any atom is 0.251 e. The highest BCUT2D eigenvalue weighted by atomic mass is 32.2. The molecule has 0 aromatic heterocycles. The zero-order valence-electron chi connectivity index (χ0n) is 16.0. The van der Waals surface area contributed by atoms with Crippen molar-refractivity contribution in [3.05, 3.63) is 64.7 Å². The maximum atomic E-state index is 12.6. The lowest BCUT2D eigenvalue weighted by molar-refractivity contribution is 0.0940. The van der Waals surface area contributed by atoms with Crippen LogP contribution in [-0.2, 0) is 10.0 Å². The molecule has 1 heterocycles. The Kier molecular flexibility index (Phi) is 5.56. The Morgan fingerprint density at radius 3 is 2.44 bits per heavy atom. The van der Waals surface area contributed by atoms with Crippen molar-refractivity contribution in [1.82, 2.24) is 5.32 Å². The van der Waals surface area contributed by atoms with Gasteiger partial charge in [-0.25, -0.2) is 8.42 Å². The molecule has 1 aliphatic rings. The van der Waals surface area contributed by atoms with E-state index in [2.05, 4.69) is 23.5 Å². The van der Waals surface area contributed by atoms with Crippen LogP contribution in [0.15, 0.2) is 42.5 Å². The summed E-state index contributed by atoms with van der Waals surface area (Å²) in [5, 5.41) is 3.02. The van der Waals surface area contributed by atoms with E-state index in [4.69, 9.17) is 0 Å². The van der Waals surface area contributed by atoms with Crippen molar-refractivity contribution >= 4 is 21.6 Å². The van der Waals surface area contributed by atoms with Gasteiger partial charge in [-0.1, -0.05) is 23.8 Å². The molecule has 2 aromatic rings. The summed E-state index contributed by atoms with van der Waals surface area (Å²) in [5.74, 6) is 0.0132. The molecule has 1 atom stereocenters. The lowest BCUT2D eigenvalue weighted by atomic mass is 9.99. The molecule has 0 radical (unpaired) electrons. The molecule has 1 aliphatic heterocycles. The number of benzene rings is 2. The zero-order valence-corrected chi connectivity index (χ0v) is 16.8. The van der Waals surface area contributed by atoms with Crippen molar-refractivity contribution in [3.63, 3.8) is 0 Å². The van der Waals surface area contributed by atoms with Gasteiger partial charge < -0.3 is 5.32 Å². The minimum Gasteiger partial charge on any atom is -0.346 e. The van der Waals surface area contributed by atoms with Crippen LogP contribution in [0.25, 0.3) is 0 Å². The Labute approximate surface area is 161 Å². The lowest BCUT2D eigenvalue weighted by Gasteiger charge is -2.28. The number of carbonyl (C=O) groups excluding carboxylic acids is 1. The summed E-state index contributed by atoms with van der Waals surface area (Å²) in [6.45, 7) is 6.53. The molecule has 3 rings (SSSR count). The highest BCUT2D eigenvalue weighted by Gasteiger charge is 2.26. The van der Waals surface area contributed by atoms with Crippen LogP contribution in [0.4, 0.5) is 5.69 Å². The summed E-state index contributed by atoms with van der Waals surface area (Å²) in [6, 6.07) is 12.9. The molecule has 1 saturated heterocycles. The lowest BCUT2D eigenvalue weighted by Crippen LogP contribution is -2.37. The van der Waals surface area contributed by atoms with Crippen LogP contribution < -0.4 is 9.62 Å². The predicted molar refractivity (Wildman–Crippen MR) is 109 cm³/mol. The molecule has 1 fully saturated rings. The van der Waals surface area contributed by atoms with Crippen molar-refractivity contribution in [1.29, 1.82) is 0 Å². The Balaban J connectivity index is 1.73. The van der Waals surface area contributed by atoms with Gasteiger partial charge in [0, 0.05) is 12.1 Å². The molecule has 0 saturated carbocycles. The molecule has 2 aromatic carbocycles. The number of amides is 1. The van der Waals surface area contributed by atoms with E-state index in [0.717, 1.165) is 23.1 Å². The molecule has 0 spiro atoms. The highest BCUT2D eigenvalue weighted by Crippen LogP contribution is 2.24. The summed E-state index contributed by atoms with van der Waals surface area (Å²) in [6.07, 6.45) is 1.56. The second-order valence-electron chi connectivity index (χ2n) is 7.20. The fraction of sp³-hybridized carbons (Fsp3) is 0.381. The number of rotatable bonds is 4. The third-order valence-electron chi connectivity index (χ3n) is 5.02. The number of anilines is 1. The first kappa shape index (κ1) is 19.4. The minimum absolute atomic E-state index is 0.112. The van der Waals surface area contributed by atoms with E-state index in [9.17, 15) is 13.2 Å². The number of hydrogen-bond donors (Lipinski definition) is 1. The standard InChI is InChI=1S/C21H26N2O3S/c1-15-6-7-16(2)20(14-15)17(3)22-21(24)18-8-10-19(11-9-18)23-12-4-5-13-27(23,25)26/h6-11,14,17H,4-5,12-13H2,1-3H3,(H,22,24)/t17-/m0/s1. The first-order valence-electron chi connectivity index (χ1n) is 9.26. The van der Waals surface area contributed by atoms with Crippen LogP contribution in [0.5, 0.6) is 0 Å². The summed E-state index contributed by atoms with van der Waals surface area (Å²) in [7, 11) is -3.24. The third-order valence-corrected chi connectivity index (χ3v) is 6.89. The van der Waals surface area contributed by atoms with E-state index in [1.807, 2.05) is 20.8 Å². The topological polar surface area (TPSA) is 66.5 Å². The average Bonchev–Trinajstić information content (AvgIpc) is 2.63. The Bertz CT molecular complexity index is 936. The van der Waals surface area contributed by atoms with Gasteiger partial charge in [-0.05, 0) is 69.0 Å². The average molecular weight is 387 g/mol. The second kappa shape index (κ2) is 7.72. The van der Waals surface area contributed by atoms with Gasteiger partial charge >= 0.3 is 0 Å². The Morgan fingerprint density at radius 1 is 1.07 bits per heavy atom. The van der Waals surface area contributed by atoms with Crippen molar-refractivity contribution in [3.8, 4) is 0 Å². The first-order valence-corrected chi connectivity index (χ1v) is 10.9. The molecule has 1 amide bonds. The minimum atomic E-state index is -3.24. The second-order valence-corrected chi connectivity index (χ2v) is 9.21. The molecule has 0 aliphatic carbocycles. The normalized spacial score (nSPS) is 17.4. The van der Waals surface area contributed by atoms with Gasteiger partial charge in [-0.3, -0.25) is 9.10 Å². The van der Waals surface area contributed by atoms with Gasteiger partial charge in [-0.15, -0.1) is 0 Å². The first-order chi connectivity index (χ1) is 12.8. The smallest absolute Gasteiger partial charge is 0.251 e. The van der Waals surface area contributed by atoms with E-state index < -0.39 is 10.0 Å². The Morgan fingerprint density at radius 2 is 1.78 bits per heavy atom. The van der Waals surface area contributed by atoms with Crippen LogP contribution in [0.1, 0.15) is 52.9 Å². The number of sulfonamides is 1. The van der Waals surface area contributed by atoms with Gasteiger partial charge in [0.1, 0.15) is 0 Å². The van der Waals surface area contributed by atoms with Crippen LogP contribution in [0, 0.1) is 13.8 Å². The van der Waals surface area contributed by atoms with E-state index in [0.29, 0.717) is 24.2 Å². The zero-order chi connectivity index (χ0) is 19.6. The number of carbonyl (C=O) groups is 1. The van der Waals surface area contributed by atoms with Crippen LogP contribution in [0.3, 0.4) is 0 Å². The van der Waals surface area contributed by atoms with Crippen molar-refractivity contribution < 1.29 is 13.2 Å². The van der Waals surface area contributed by atoms with Gasteiger partial charge in [0.2, 0.25) is 10.0 Å².